The molecular formula is C56H85F3N8O10. The summed E-state index contributed by atoms with van der Waals surface area (Å²) < 4.78 is 44.0. The Morgan fingerprint density at radius 3 is 2.05 bits per heavy atom. The van der Waals surface area contributed by atoms with Crippen LogP contribution in [0.5, 0.6) is 0 Å². The third-order valence-corrected chi connectivity index (χ3v) is 15.0. The molecule has 2 fully saturated rings. The lowest BCUT2D eigenvalue weighted by atomic mass is 9.87. The van der Waals surface area contributed by atoms with E-state index in [1.807, 2.05) is 117 Å². The minimum absolute atomic E-state index is 0.00628. The molecule has 77 heavy (non-hydrogen) atoms. The third kappa shape index (κ3) is 17.8. The molecule has 2 aromatic carbocycles. The van der Waals surface area contributed by atoms with Crippen molar-refractivity contribution in [2.75, 3.05) is 54.6 Å². The van der Waals surface area contributed by atoms with Gasteiger partial charge in [-0.25, -0.2) is 9.86 Å². The quantitative estimate of drug-likeness (QED) is 0.0660. The Labute approximate surface area is 452 Å². The van der Waals surface area contributed by atoms with Gasteiger partial charge in [0.25, 0.3) is 5.91 Å². The number of hydrogen-bond donors (Lipinski definition) is 5. The number of likely N-dealkylation sites (tertiary alicyclic amines) is 1. The van der Waals surface area contributed by atoms with Crippen molar-refractivity contribution in [2.24, 2.45) is 29.4 Å². The molecule has 5 amide bonds. The molecule has 10 atom stereocenters. The fourth-order valence-corrected chi connectivity index (χ4v) is 11.0. The molecule has 430 valence electrons. The molecule has 3 aromatic rings. The van der Waals surface area contributed by atoms with Gasteiger partial charge in [-0.2, -0.15) is 13.2 Å². The zero-order chi connectivity index (χ0) is 57.3. The number of H-pyrrole nitrogens is 1. The van der Waals surface area contributed by atoms with Gasteiger partial charge in [-0.3, -0.25) is 43.9 Å². The summed E-state index contributed by atoms with van der Waals surface area (Å²) in [5.41, 5.74) is 9.53. The number of nitrogens with two attached hydrogens (primary N) is 1. The first-order chi connectivity index (χ1) is 36.4. The van der Waals surface area contributed by atoms with Crippen LogP contribution in [-0.2, 0) is 55.9 Å². The number of carboxylic acid groups (broad SMARTS) is 1. The number of aliphatic carboxylic acids is 1. The van der Waals surface area contributed by atoms with E-state index in [9.17, 15) is 37.1 Å². The number of carbonyl (C=O) groups is 6. The zero-order valence-electron chi connectivity index (χ0n) is 46.8. The maximum absolute atomic E-state index is 14.6. The highest BCUT2D eigenvalue weighted by Gasteiger charge is 2.45. The smallest absolute Gasteiger partial charge is 0.475 e. The van der Waals surface area contributed by atoms with Crippen molar-refractivity contribution in [1.29, 1.82) is 0 Å². The lowest BCUT2D eigenvalue weighted by Gasteiger charge is -2.43. The molecule has 3 heterocycles. The van der Waals surface area contributed by atoms with Crippen LogP contribution in [0.4, 0.5) is 13.2 Å². The molecule has 0 bridgehead atoms. The SMILES string of the molecule is CC[C@H](C)[C@@H]([C@@H](CC(=O)N1CCC[C@H]1[C@H](OC)[C@@H](C)C(=O)N[C@@H](Cc1c[nH]c2ccccc12)C(=O)N1CCCCO1)OC)N(C)[C@H](C(=O)NC(=O)[C@H](C(C)C)N(C)C[C@@H](N)Cc1ccccc1)C(C)C.O=C(O)C(F)(F)F. The van der Waals surface area contributed by atoms with Crippen molar-refractivity contribution in [3.8, 4) is 0 Å². The van der Waals surface area contributed by atoms with E-state index in [2.05, 4.69) is 29.5 Å². The summed E-state index contributed by atoms with van der Waals surface area (Å²) in [5, 5.41) is 15.3. The van der Waals surface area contributed by atoms with Crippen LogP contribution >= 0.6 is 0 Å². The molecule has 2 aliphatic heterocycles. The number of carbonyl (C=O) groups excluding carboxylic acids is 5. The molecule has 6 N–H and O–H groups in total. The van der Waals surface area contributed by atoms with Gasteiger partial charge in [0.1, 0.15) is 6.04 Å². The first-order valence-corrected chi connectivity index (χ1v) is 26.9. The van der Waals surface area contributed by atoms with E-state index in [-0.39, 0.29) is 66.3 Å². The van der Waals surface area contributed by atoms with Crippen LogP contribution in [-0.4, -0.2) is 175 Å². The topological polar surface area (TPSA) is 229 Å². The van der Waals surface area contributed by atoms with E-state index >= 15 is 0 Å². The van der Waals surface area contributed by atoms with E-state index < -0.39 is 60.3 Å². The predicted octanol–water partition coefficient (Wildman–Crippen LogP) is 5.97. The van der Waals surface area contributed by atoms with Crippen LogP contribution < -0.4 is 16.4 Å². The number of nitrogens with zero attached hydrogens (tertiary/aromatic N) is 4. The number of likely N-dealkylation sites (N-methyl/N-ethyl adjacent to an activating group) is 2. The number of amides is 5. The number of methoxy groups -OCH3 is 2. The Balaban J connectivity index is 0.00000171. The molecule has 1 aromatic heterocycles. The Hall–Kier alpha value is -5.45. The Morgan fingerprint density at radius 2 is 1.48 bits per heavy atom. The second-order valence-corrected chi connectivity index (χ2v) is 21.3. The average molecular weight is 1090 g/mol. The highest BCUT2D eigenvalue weighted by atomic mass is 19.4. The molecule has 2 saturated heterocycles. The Bertz CT molecular complexity index is 2370. The second-order valence-electron chi connectivity index (χ2n) is 21.3. The van der Waals surface area contributed by atoms with Crippen molar-refractivity contribution < 1.29 is 61.4 Å². The van der Waals surface area contributed by atoms with E-state index in [1.54, 1.807) is 21.1 Å². The second kappa shape index (κ2) is 30.1. The summed E-state index contributed by atoms with van der Waals surface area (Å²) in [6.45, 7) is 15.6. The third-order valence-electron chi connectivity index (χ3n) is 15.0. The zero-order valence-corrected chi connectivity index (χ0v) is 46.8. The van der Waals surface area contributed by atoms with E-state index in [4.69, 9.17) is 29.9 Å². The number of imide groups is 1. The van der Waals surface area contributed by atoms with Crippen molar-refractivity contribution in [2.45, 2.75) is 154 Å². The summed E-state index contributed by atoms with van der Waals surface area (Å²) in [7, 11) is 6.90. The fourth-order valence-electron chi connectivity index (χ4n) is 11.0. The Morgan fingerprint density at radius 1 is 0.857 bits per heavy atom. The van der Waals surface area contributed by atoms with Crippen molar-refractivity contribution in [3.63, 3.8) is 0 Å². The molecule has 21 heteroatoms. The number of aromatic nitrogens is 1. The highest BCUT2D eigenvalue weighted by Crippen LogP contribution is 2.31. The largest absolute Gasteiger partial charge is 0.490 e. The van der Waals surface area contributed by atoms with Crippen molar-refractivity contribution >= 4 is 46.4 Å². The van der Waals surface area contributed by atoms with Crippen LogP contribution in [0.2, 0.25) is 0 Å². The number of ether oxygens (including phenoxy) is 2. The molecule has 2 aliphatic rings. The van der Waals surface area contributed by atoms with Crippen molar-refractivity contribution in [1.82, 2.24) is 35.4 Å². The van der Waals surface area contributed by atoms with Gasteiger partial charge in [-0.05, 0) is 81.1 Å². The van der Waals surface area contributed by atoms with Crippen LogP contribution in [0.25, 0.3) is 10.9 Å². The number of benzene rings is 2. The molecule has 0 spiro atoms. The number of aromatic amines is 1. The van der Waals surface area contributed by atoms with Gasteiger partial charge in [0.05, 0.1) is 49.3 Å². The Kier molecular flexibility index (Phi) is 25.0. The van der Waals surface area contributed by atoms with Gasteiger partial charge in [0, 0.05) is 69.5 Å². The number of carboxylic acids is 1. The monoisotopic (exact) mass is 1090 g/mol. The lowest BCUT2D eigenvalue weighted by molar-refractivity contribution is -0.199. The van der Waals surface area contributed by atoms with Crippen LogP contribution in [0, 0.1) is 23.7 Å². The molecule has 18 nitrogen and oxygen atoms in total. The van der Waals surface area contributed by atoms with E-state index in [0.29, 0.717) is 39.1 Å². The van der Waals surface area contributed by atoms with Gasteiger partial charge in [-0.15, -0.1) is 0 Å². The summed E-state index contributed by atoms with van der Waals surface area (Å²) in [6, 6.07) is 14.6. The van der Waals surface area contributed by atoms with Gasteiger partial charge in [0.15, 0.2) is 0 Å². The predicted molar refractivity (Wildman–Crippen MR) is 287 cm³/mol. The summed E-state index contributed by atoms with van der Waals surface area (Å²) in [4.78, 5) is 95.1. The maximum Gasteiger partial charge on any atom is 0.490 e. The van der Waals surface area contributed by atoms with Crippen LogP contribution in [0.15, 0.2) is 60.8 Å². The average Bonchev–Trinajstić information content (AvgIpc) is 4.04. The number of nitrogens with one attached hydrogen (secondary N) is 3. The van der Waals surface area contributed by atoms with Crippen LogP contribution in [0.3, 0.4) is 0 Å². The van der Waals surface area contributed by atoms with E-state index in [1.165, 1.54) is 5.06 Å². The number of hydroxylamine groups is 2. The minimum Gasteiger partial charge on any atom is -0.475 e. The summed E-state index contributed by atoms with van der Waals surface area (Å²) >= 11 is 0. The van der Waals surface area contributed by atoms with Crippen LogP contribution in [0.1, 0.15) is 98.1 Å². The molecule has 5 rings (SSSR count). The van der Waals surface area contributed by atoms with Gasteiger partial charge >= 0.3 is 12.1 Å². The number of rotatable bonds is 25. The number of halogens is 3. The fraction of sp³-hybridized carbons (Fsp3) is 0.643. The maximum atomic E-state index is 14.6. The molecule has 0 aliphatic carbocycles. The summed E-state index contributed by atoms with van der Waals surface area (Å²) in [5.74, 6) is -5.39. The number of fused-ring (bicyclic) bond motifs is 1. The number of alkyl halides is 3. The minimum atomic E-state index is -5.08. The number of para-hydroxylation sites is 1. The first kappa shape index (κ1) is 64.1. The lowest BCUT2D eigenvalue weighted by Crippen LogP contribution is -2.60. The molecule has 0 unspecified atom stereocenters. The first-order valence-electron chi connectivity index (χ1n) is 26.9. The summed E-state index contributed by atoms with van der Waals surface area (Å²) in [6.07, 6.45) is 0.206. The molecule has 0 saturated carbocycles. The number of hydrogen-bond acceptors (Lipinski definition) is 12. The molecule has 0 radical (unpaired) electrons. The standard InChI is InChI=1S/C54H84N8O8.C2HF3O2/c1-12-36(6)49(60(9)48(35(4)5)53(66)58-52(65)47(34(2)3)59(8)33-40(55)29-38-21-14-13-15-22-38)45(68-10)31-46(63)61-26-20-25-44(61)50(69-11)37(7)51(64)57-43(54(67)62-27-18-19-28-70-62)30-39-32-56-42-24-17-16-23-41(39)42;3-2(4,5)1(6)7/h13-17,21-24,32,34-37,40,43-45,47-50,56H,12,18-20,25-31,33,55H2,1-11H3,(H,57,64)(H,58,65,66);(H,6,7)/t36-,37+,40-,43-,44-,45+,47-,48-,49-,50+;/m0./s1. The highest BCUT2D eigenvalue weighted by molar-refractivity contribution is 6.00. The van der Waals surface area contributed by atoms with Crippen molar-refractivity contribution in [3.05, 3.63) is 71.9 Å². The van der Waals surface area contributed by atoms with Gasteiger partial charge < -0.3 is 35.5 Å². The van der Waals surface area contributed by atoms with Gasteiger partial charge in [0.2, 0.25) is 23.6 Å². The molecular weight excluding hydrogens is 1000 g/mol. The van der Waals surface area contributed by atoms with Gasteiger partial charge in [-0.1, -0.05) is 103 Å². The van der Waals surface area contributed by atoms with E-state index in [0.717, 1.165) is 47.7 Å². The normalized spacial score (nSPS) is 18.7.